The molecule has 1 amide bonds. The average Bonchev–Trinajstić information content (AvgIpc) is 2.65. The first-order chi connectivity index (χ1) is 9.15. The Morgan fingerprint density at radius 3 is 2.47 bits per heavy atom. The molecule has 102 valence electrons. The highest BCUT2D eigenvalue weighted by molar-refractivity contribution is 5.68. The summed E-state index contributed by atoms with van der Waals surface area (Å²) >= 11 is 0. The summed E-state index contributed by atoms with van der Waals surface area (Å²) in [5.74, 6) is 0. The van der Waals surface area contributed by atoms with E-state index < -0.39 is 6.09 Å². The predicted molar refractivity (Wildman–Crippen MR) is 74.2 cm³/mol. The number of anilines is 2. The normalized spacial score (nSPS) is 29.3. The minimum Gasteiger partial charge on any atom is -0.465 e. The van der Waals surface area contributed by atoms with Gasteiger partial charge in [0.1, 0.15) is 0 Å². The van der Waals surface area contributed by atoms with Crippen LogP contribution in [0, 0.1) is 0 Å². The highest BCUT2D eigenvalue weighted by Gasteiger charge is 2.43. The molecule has 2 heterocycles. The number of nitrogens with zero attached hydrogens (tertiary/aromatic N) is 1. The smallest absolute Gasteiger partial charge is 0.407 e. The maximum atomic E-state index is 11.2. The molecule has 0 aliphatic carbocycles. The Morgan fingerprint density at radius 2 is 1.89 bits per heavy atom. The van der Waals surface area contributed by atoms with Gasteiger partial charge in [0.05, 0.1) is 11.4 Å². The SMILES string of the molecule is Nc1ccccc1N[C@@H]1C[C@H]2CC[C@@H](C1)N2C(=O)O. The number of carboxylic acid groups (broad SMARTS) is 1. The van der Waals surface area contributed by atoms with E-state index in [0.29, 0.717) is 6.04 Å². The van der Waals surface area contributed by atoms with Crippen LogP contribution in [-0.4, -0.2) is 34.2 Å². The standard InChI is InChI=1S/C14H19N3O2/c15-12-3-1-2-4-13(12)16-9-7-10-5-6-11(8-9)17(10)14(18)19/h1-4,9-11,16H,5-8,15H2,(H,18,19)/t9-,10-,11+. The lowest BCUT2D eigenvalue weighted by atomic mass is 9.97. The molecule has 0 saturated carbocycles. The van der Waals surface area contributed by atoms with Crippen LogP contribution in [0.4, 0.5) is 16.2 Å². The van der Waals surface area contributed by atoms with Crippen LogP contribution in [0.15, 0.2) is 24.3 Å². The number of para-hydroxylation sites is 2. The molecule has 3 atom stereocenters. The molecule has 2 bridgehead atoms. The van der Waals surface area contributed by atoms with Gasteiger partial charge in [-0.1, -0.05) is 12.1 Å². The van der Waals surface area contributed by atoms with Crippen molar-refractivity contribution in [3.05, 3.63) is 24.3 Å². The number of carbonyl (C=O) groups is 1. The van der Waals surface area contributed by atoms with Crippen molar-refractivity contribution in [1.82, 2.24) is 4.90 Å². The number of amides is 1. The first kappa shape index (κ1) is 12.1. The fourth-order valence-corrected chi connectivity index (χ4v) is 3.46. The number of fused-ring (bicyclic) bond motifs is 2. The van der Waals surface area contributed by atoms with Gasteiger partial charge in [-0.05, 0) is 37.8 Å². The Labute approximate surface area is 112 Å². The maximum absolute atomic E-state index is 11.2. The molecule has 3 rings (SSSR count). The van der Waals surface area contributed by atoms with E-state index in [2.05, 4.69) is 5.32 Å². The van der Waals surface area contributed by atoms with E-state index in [-0.39, 0.29) is 12.1 Å². The lowest BCUT2D eigenvalue weighted by Gasteiger charge is -2.37. The van der Waals surface area contributed by atoms with E-state index in [1.165, 1.54) is 0 Å². The molecule has 5 heteroatoms. The quantitative estimate of drug-likeness (QED) is 0.714. The van der Waals surface area contributed by atoms with Gasteiger partial charge < -0.3 is 21.1 Å². The summed E-state index contributed by atoms with van der Waals surface area (Å²) in [5, 5.41) is 12.7. The minimum absolute atomic E-state index is 0.165. The Balaban J connectivity index is 1.70. The molecule has 0 radical (unpaired) electrons. The molecule has 1 aromatic rings. The summed E-state index contributed by atoms with van der Waals surface area (Å²) < 4.78 is 0. The Hall–Kier alpha value is -1.91. The molecule has 5 nitrogen and oxygen atoms in total. The lowest BCUT2D eigenvalue weighted by Crippen LogP contribution is -2.49. The molecule has 2 aliphatic heterocycles. The van der Waals surface area contributed by atoms with Gasteiger partial charge in [0.2, 0.25) is 0 Å². The van der Waals surface area contributed by atoms with Gasteiger partial charge in [0.15, 0.2) is 0 Å². The number of piperidine rings is 1. The second-order valence-electron chi connectivity index (χ2n) is 5.47. The zero-order valence-corrected chi connectivity index (χ0v) is 10.7. The summed E-state index contributed by atoms with van der Waals surface area (Å²) in [6.07, 6.45) is 2.94. The molecule has 0 spiro atoms. The molecule has 2 fully saturated rings. The molecular weight excluding hydrogens is 242 g/mol. The van der Waals surface area contributed by atoms with Crippen molar-refractivity contribution in [1.29, 1.82) is 0 Å². The minimum atomic E-state index is -0.773. The summed E-state index contributed by atoms with van der Waals surface area (Å²) in [6.45, 7) is 0. The molecule has 0 aromatic heterocycles. The van der Waals surface area contributed by atoms with Crippen LogP contribution < -0.4 is 11.1 Å². The molecule has 4 N–H and O–H groups in total. The summed E-state index contributed by atoms with van der Waals surface area (Å²) in [7, 11) is 0. The van der Waals surface area contributed by atoms with Crippen molar-refractivity contribution >= 4 is 17.5 Å². The Morgan fingerprint density at radius 1 is 1.26 bits per heavy atom. The number of rotatable bonds is 2. The first-order valence-electron chi connectivity index (χ1n) is 6.77. The van der Waals surface area contributed by atoms with Gasteiger partial charge in [0, 0.05) is 18.1 Å². The predicted octanol–water partition coefficient (Wildman–Crippen LogP) is 2.35. The number of benzene rings is 1. The third kappa shape index (κ3) is 2.20. The van der Waals surface area contributed by atoms with E-state index in [9.17, 15) is 9.90 Å². The van der Waals surface area contributed by atoms with E-state index in [1.807, 2.05) is 24.3 Å². The van der Waals surface area contributed by atoms with E-state index >= 15 is 0 Å². The van der Waals surface area contributed by atoms with Crippen LogP contribution >= 0.6 is 0 Å². The molecule has 0 unspecified atom stereocenters. The van der Waals surface area contributed by atoms with Crippen LogP contribution in [0.3, 0.4) is 0 Å². The average molecular weight is 261 g/mol. The zero-order valence-electron chi connectivity index (χ0n) is 10.7. The van der Waals surface area contributed by atoms with Crippen LogP contribution in [0.1, 0.15) is 25.7 Å². The van der Waals surface area contributed by atoms with Crippen molar-refractivity contribution in [3.63, 3.8) is 0 Å². The van der Waals surface area contributed by atoms with Crippen LogP contribution in [0.25, 0.3) is 0 Å². The number of nitrogens with two attached hydrogens (primary N) is 1. The van der Waals surface area contributed by atoms with Crippen LogP contribution in [0.2, 0.25) is 0 Å². The van der Waals surface area contributed by atoms with Crippen molar-refractivity contribution < 1.29 is 9.90 Å². The van der Waals surface area contributed by atoms with Gasteiger partial charge in [-0.15, -0.1) is 0 Å². The highest BCUT2D eigenvalue weighted by Crippen LogP contribution is 2.37. The number of hydrogen-bond acceptors (Lipinski definition) is 3. The molecule has 2 saturated heterocycles. The molecule has 2 aliphatic rings. The summed E-state index contributed by atoms with van der Waals surface area (Å²) in [6, 6.07) is 8.37. The molecule has 1 aromatic carbocycles. The lowest BCUT2D eigenvalue weighted by molar-refractivity contribution is 0.0994. The Bertz CT molecular complexity index is 477. The van der Waals surface area contributed by atoms with Gasteiger partial charge in [-0.2, -0.15) is 0 Å². The maximum Gasteiger partial charge on any atom is 0.407 e. The fraction of sp³-hybridized carbons (Fsp3) is 0.500. The zero-order chi connectivity index (χ0) is 13.4. The number of hydrogen-bond donors (Lipinski definition) is 3. The fourth-order valence-electron chi connectivity index (χ4n) is 3.46. The van der Waals surface area contributed by atoms with Gasteiger partial charge in [0.25, 0.3) is 0 Å². The van der Waals surface area contributed by atoms with Gasteiger partial charge in [-0.25, -0.2) is 4.79 Å². The second-order valence-corrected chi connectivity index (χ2v) is 5.47. The van der Waals surface area contributed by atoms with E-state index in [0.717, 1.165) is 37.1 Å². The van der Waals surface area contributed by atoms with Crippen LogP contribution in [0.5, 0.6) is 0 Å². The van der Waals surface area contributed by atoms with E-state index in [4.69, 9.17) is 5.73 Å². The third-order valence-electron chi connectivity index (χ3n) is 4.27. The van der Waals surface area contributed by atoms with Gasteiger partial charge >= 0.3 is 6.09 Å². The highest BCUT2D eigenvalue weighted by atomic mass is 16.4. The third-order valence-corrected chi connectivity index (χ3v) is 4.27. The van der Waals surface area contributed by atoms with Crippen molar-refractivity contribution in [2.75, 3.05) is 11.1 Å². The van der Waals surface area contributed by atoms with Gasteiger partial charge in [-0.3, -0.25) is 0 Å². The summed E-state index contributed by atoms with van der Waals surface area (Å²) in [4.78, 5) is 12.9. The van der Waals surface area contributed by atoms with Crippen molar-refractivity contribution in [3.8, 4) is 0 Å². The van der Waals surface area contributed by atoms with Crippen molar-refractivity contribution in [2.24, 2.45) is 0 Å². The second kappa shape index (κ2) is 4.64. The van der Waals surface area contributed by atoms with Crippen LogP contribution in [-0.2, 0) is 0 Å². The molecular formula is C14H19N3O2. The first-order valence-corrected chi connectivity index (χ1v) is 6.77. The summed E-state index contributed by atoms with van der Waals surface area (Å²) in [5.41, 5.74) is 7.63. The molecule has 19 heavy (non-hydrogen) atoms. The Kier molecular flexibility index (Phi) is 2.97. The van der Waals surface area contributed by atoms with E-state index in [1.54, 1.807) is 4.90 Å². The number of nitrogens with one attached hydrogen (secondary N) is 1. The van der Waals surface area contributed by atoms with Crippen molar-refractivity contribution in [2.45, 2.75) is 43.8 Å². The number of nitrogen functional groups attached to an aromatic ring is 1. The topological polar surface area (TPSA) is 78.6 Å². The largest absolute Gasteiger partial charge is 0.465 e. The monoisotopic (exact) mass is 261 g/mol.